The Morgan fingerprint density at radius 2 is 2.18 bits per heavy atom. The predicted octanol–water partition coefficient (Wildman–Crippen LogP) is 4.55. The number of hydrogen-bond acceptors (Lipinski definition) is 4. The second kappa shape index (κ2) is 9.92. The van der Waals surface area contributed by atoms with Crippen molar-refractivity contribution in [3.05, 3.63) is 23.8 Å². The van der Waals surface area contributed by atoms with E-state index in [9.17, 15) is 9.59 Å². The minimum absolute atomic E-state index is 0.0383. The van der Waals surface area contributed by atoms with Crippen LogP contribution in [0.2, 0.25) is 0 Å². The Hall–Kier alpha value is -1.34. The Balaban J connectivity index is 1.38. The topological polar surface area (TPSA) is 70.2 Å². The summed E-state index contributed by atoms with van der Waals surface area (Å²) in [4.78, 5) is 25.0. The first kappa shape index (κ1) is 21.4. The molecule has 0 aliphatic carbocycles. The number of thioether (sulfide) groups is 2. The number of fused-ring (bicyclic) bond motifs is 1. The summed E-state index contributed by atoms with van der Waals surface area (Å²) in [6.07, 6.45) is 4.61. The normalized spacial score (nSPS) is 24.4. The Labute approximate surface area is 176 Å². The average Bonchev–Trinajstić information content (AvgIpc) is 3.20. The maximum atomic E-state index is 12.3. The number of nitrogens with one attached hydrogen (secondary N) is 3. The number of amides is 3. The molecule has 2 aliphatic rings. The summed E-state index contributed by atoms with van der Waals surface area (Å²) < 4.78 is 0. The fraction of sp³-hybridized carbons (Fsp3) is 0.619. The van der Waals surface area contributed by atoms with E-state index in [2.05, 4.69) is 41.9 Å². The number of rotatable bonds is 9. The van der Waals surface area contributed by atoms with E-state index in [0.717, 1.165) is 42.7 Å². The van der Waals surface area contributed by atoms with Crippen LogP contribution in [0.15, 0.2) is 23.1 Å². The third-order valence-corrected chi connectivity index (χ3v) is 8.24. The molecule has 2 fully saturated rings. The molecule has 0 spiro atoms. The highest BCUT2D eigenvalue weighted by atomic mass is 32.2. The van der Waals surface area contributed by atoms with Crippen molar-refractivity contribution < 1.29 is 9.59 Å². The Morgan fingerprint density at radius 1 is 1.36 bits per heavy atom. The molecule has 5 nitrogen and oxygen atoms in total. The van der Waals surface area contributed by atoms with E-state index >= 15 is 0 Å². The first-order valence-electron chi connectivity index (χ1n) is 10.2. The second-order valence-electron chi connectivity index (χ2n) is 7.73. The summed E-state index contributed by atoms with van der Waals surface area (Å²) >= 11 is 3.80. The van der Waals surface area contributed by atoms with Crippen LogP contribution < -0.4 is 16.0 Å². The summed E-state index contributed by atoms with van der Waals surface area (Å²) in [6.45, 7) is 6.48. The lowest BCUT2D eigenvalue weighted by atomic mass is 10.0. The van der Waals surface area contributed by atoms with Gasteiger partial charge in [-0.15, -0.1) is 11.8 Å². The van der Waals surface area contributed by atoms with Crippen molar-refractivity contribution in [2.75, 3.05) is 11.1 Å². The molecule has 0 unspecified atom stereocenters. The minimum atomic E-state index is -0.0383. The summed E-state index contributed by atoms with van der Waals surface area (Å²) in [7, 11) is 0. The monoisotopic (exact) mass is 421 g/mol. The molecule has 0 radical (unpaired) electrons. The van der Waals surface area contributed by atoms with Gasteiger partial charge in [0.25, 0.3) is 0 Å². The molecule has 2 saturated heterocycles. The first-order valence-corrected chi connectivity index (χ1v) is 12.1. The van der Waals surface area contributed by atoms with Crippen LogP contribution in [-0.2, 0) is 4.79 Å². The minimum Gasteiger partial charge on any atom is -0.332 e. The number of anilines is 1. The van der Waals surface area contributed by atoms with E-state index < -0.39 is 0 Å². The van der Waals surface area contributed by atoms with E-state index in [4.69, 9.17) is 0 Å². The van der Waals surface area contributed by atoms with Gasteiger partial charge in [0.05, 0.1) is 12.1 Å². The molecule has 7 heteroatoms. The highest BCUT2D eigenvalue weighted by Crippen LogP contribution is 2.33. The molecular weight excluding hydrogens is 390 g/mol. The van der Waals surface area contributed by atoms with Gasteiger partial charge >= 0.3 is 6.03 Å². The van der Waals surface area contributed by atoms with Crippen molar-refractivity contribution in [3.63, 3.8) is 0 Å². The molecule has 0 aromatic heterocycles. The Morgan fingerprint density at radius 3 is 2.93 bits per heavy atom. The van der Waals surface area contributed by atoms with Gasteiger partial charge < -0.3 is 16.0 Å². The molecule has 3 rings (SSSR count). The van der Waals surface area contributed by atoms with Crippen molar-refractivity contribution in [3.8, 4) is 0 Å². The van der Waals surface area contributed by atoms with Gasteiger partial charge in [-0.2, -0.15) is 11.8 Å². The van der Waals surface area contributed by atoms with Crippen molar-refractivity contribution in [1.29, 1.82) is 0 Å². The zero-order valence-corrected chi connectivity index (χ0v) is 18.6. The smallest absolute Gasteiger partial charge is 0.315 e. The van der Waals surface area contributed by atoms with Crippen LogP contribution in [0.1, 0.15) is 51.5 Å². The fourth-order valence-corrected chi connectivity index (χ4v) is 6.22. The van der Waals surface area contributed by atoms with Crippen LogP contribution in [-0.4, -0.2) is 40.3 Å². The van der Waals surface area contributed by atoms with Crippen molar-refractivity contribution in [2.45, 2.75) is 80.4 Å². The van der Waals surface area contributed by atoms with Gasteiger partial charge in [0.15, 0.2) is 0 Å². The summed E-state index contributed by atoms with van der Waals surface area (Å²) in [5.74, 6) is 1.07. The highest BCUT2D eigenvalue weighted by molar-refractivity contribution is 8.00. The zero-order chi connectivity index (χ0) is 20.1. The van der Waals surface area contributed by atoms with Crippen molar-refractivity contribution in [2.24, 2.45) is 0 Å². The third-order valence-electron chi connectivity index (χ3n) is 5.46. The molecule has 28 heavy (non-hydrogen) atoms. The maximum Gasteiger partial charge on any atom is 0.315 e. The highest BCUT2D eigenvalue weighted by Gasteiger charge is 2.42. The van der Waals surface area contributed by atoms with Gasteiger partial charge in [-0.25, -0.2) is 4.79 Å². The van der Waals surface area contributed by atoms with Crippen LogP contribution >= 0.6 is 23.5 Å². The maximum absolute atomic E-state index is 12.3. The molecule has 1 aromatic carbocycles. The molecule has 4 atom stereocenters. The SMILES string of the molecule is CC[C@H](C)Sc1ccc(NC(=O)CCCC[C@@H]2SC[C@@H]3NC(=O)N[C@@H]32)c(C)c1. The lowest BCUT2D eigenvalue weighted by Gasteiger charge is -2.16. The zero-order valence-electron chi connectivity index (χ0n) is 16.9. The molecule has 154 valence electrons. The molecule has 0 saturated carbocycles. The quantitative estimate of drug-likeness (QED) is 0.311. The number of hydrogen-bond donors (Lipinski definition) is 3. The number of carbonyl (C=O) groups is 2. The van der Waals surface area contributed by atoms with E-state index in [1.807, 2.05) is 36.5 Å². The first-order chi connectivity index (χ1) is 13.5. The van der Waals surface area contributed by atoms with Gasteiger partial charge in [0.1, 0.15) is 0 Å². The van der Waals surface area contributed by atoms with Gasteiger partial charge in [0.2, 0.25) is 5.91 Å². The fourth-order valence-electron chi connectivity index (χ4n) is 3.65. The molecule has 0 bridgehead atoms. The van der Waals surface area contributed by atoms with E-state index in [1.54, 1.807) is 0 Å². The molecule has 2 heterocycles. The number of unbranched alkanes of at least 4 members (excludes halogenated alkanes) is 1. The molecule has 2 aliphatic heterocycles. The van der Waals surface area contributed by atoms with Gasteiger partial charge in [-0.05, 0) is 49.9 Å². The van der Waals surface area contributed by atoms with Crippen LogP contribution in [0, 0.1) is 6.92 Å². The predicted molar refractivity (Wildman–Crippen MR) is 119 cm³/mol. The lowest BCUT2D eigenvalue weighted by molar-refractivity contribution is -0.116. The standard InChI is InChI=1S/C21H31N3O2S2/c1-4-14(3)28-15-9-10-16(13(2)11-15)22-19(25)8-6-5-7-18-20-17(12-27-18)23-21(26)24-20/h9-11,14,17-18,20H,4-8,12H2,1-3H3,(H,22,25)(H2,23,24,26)/t14-,17-,18-,20-/m0/s1. The number of urea groups is 1. The summed E-state index contributed by atoms with van der Waals surface area (Å²) in [5, 5.41) is 10.1. The lowest BCUT2D eigenvalue weighted by Crippen LogP contribution is -2.36. The summed E-state index contributed by atoms with van der Waals surface area (Å²) in [6, 6.07) is 6.75. The van der Waals surface area contributed by atoms with Crippen LogP contribution in [0.5, 0.6) is 0 Å². The van der Waals surface area contributed by atoms with Crippen molar-refractivity contribution >= 4 is 41.1 Å². The van der Waals surface area contributed by atoms with Crippen LogP contribution in [0.25, 0.3) is 0 Å². The van der Waals surface area contributed by atoms with Gasteiger partial charge in [-0.1, -0.05) is 20.3 Å². The van der Waals surface area contributed by atoms with E-state index in [-0.39, 0.29) is 24.0 Å². The Bertz CT molecular complexity index is 713. The number of aryl methyl sites for hydroxylation is 1. The molecule has 1 aromatic rings. The third kappa shape index (κ3) is 5.60. The van der Waals surface area contributed by atoms with Gasteiger partial charge in [-0.3, -0.25) is 4.79 Å². The number of benzene rings is 1. The molecule has 3 amide bonds. The largest absolute Gasteiger partial charge is 0.332 e. The van der Waals surface area contributed by atoms with Crippen LogP contribution in [0.4, 0.5) is 10.5 Å². The number of carbonyl (C=O) groups excluding carboxylic acids is 2. The van der Waals surface area contributed by atoms with Gasteiger partial charge in [0, 0.05) is 33.3 Å². The van der Waals surface area contributed by atoms with Crippen molar-refractivity contribution in [1.82, 2.24) is 10.6 Å². The average molecular weight is 422 g/mol. The van der Waals surface area contributed by atoms with E-state index in [1.165, 1.54) is 4.90 Å². The molecular formula is C21H31N3O2S2. The van der Waals surface area contributed by atoms with E-state index in [0.29, 0.717) is 16.9 Å². The summed E-state index contributed by atoms with van der Waals surface area (Å²) in [5.41, 5.74) is 2.02. The second-order valence-corrected chi connectivity index (χ2v) is 10.5. The molecule has 3 N–H and O–H groups in total. The Kier molecular flexibility index (Phi) is 7.57. The van der Waals surface area contributed by atoms with Crippen LogP contribution in [0.3, 0.4) is 0 Å².